The van der Waals surface area contributed by atoms with Crippen molar-refractivity contribution in [3.05, 3.63) is 24.3 Å². The molecule has 0 aliphatic carbocycles. The van der Waals surface area contributed by atoms with Crippen LogP contribution in [0.3, 0.4) is 0 Å². The van der Waals surface area contributed by atoms with E-state index in [1.165, 1.54) is 4.68 Å². The number of para-hydroxylation sites is 1. The first-order valence-corrected chi connectivity index (χ1v) is 5.31. The van der Waals surface area contributed by atoms with Gasteiger partial charge in [0.25, 0.3) is 0 Å². The summed E-state index contributed by atoms with van der Waals surface area (Å²) in [5, 5.41) is 7.86. The Bertz CT molecular complexity index is 522. The lowest BCUT2D eigenvalue weighted by Crippen LogP contribution is -2.19. The van der Waals surface area contributed by atoms with Crippen molar-refractivity contribution in [2.45, 2.75) is 27.2 Å². The van der Waals surface area contributed by atoms with E-state index in [0.29, 0.717) is 6.42 Å². The number of carbonyl (C=O) groups is 1. The molecule has 2 rings (SSSR count). The molecule has 0 atom stereocenters. The van der Waals surface area contributed by atoms with Crippen molar-refractivity contribution in [1.82, 2.24) is 15.0 Å². The molecule has 1 aromatic heterocycles. The van der Waals surface area contributed by atoms with Crippen LogP contribution in [-0.4, -0.2) is 20.9 Å². The maximum atomic E-state index is 12.0. The van der Waals surface area contributed by atoms with Crippen LogP contribution in [0.2, 0.25) is 0 Å². The maximum Gasteiger partial charge on any atom is 0.249 e. The van der Waals surface area contributed by atoms with Gasteiger partial charge in [-0.15, -0.1) is 5.10 Å². The Balaban J connectivity index is 2.37. The molecule has 0 radical (unpaired) electrons. The van der Waals surface area contributed by atoms with Crippen molar-refractivity contribution in [3.8, 4) is 0 Å². The quantitative estimate of drug-likeness (QED) is 0.737. The molecular weight excluding hydrogens is 202 g/mol. The zero-order valence-electron chi connectivity index (χ0n) is 9.77. The van der Waals surface area contributed by atoms with Crippen LogP contribution >= 0.6 is 0 Å². The number of aromatic nitrogens is 3. The number of benzene rings is 1. The van der Waals surface area contributed by atoms with E-state index in [2.05, 4.69) is 10.3 Å². The Morgan fingerprint density at radius 1 is 1.31 bits per heavy atom. The van der Waals surface area contributed by atoms with Crippen LogP contribution in [0.15, 0.2) is 24.3 Å². The molecule has 2 aromatic rings. The highest BCUT2D eigenvalue weighted by molar-refractivity contribution is 5.88. The van der Waals surface area contributed by atoms with E-state index in [-0.39, 0.29) is 11.3 Å². The summed E-state index contributed by atoms with van der Waals surface area (Å²) < 4.78 is 1.39. The Morgan fingerprint density at radius 2 is 2.00 bits per heavy atom. The average Bonchev–Trinajstić information content (AvgIpc) is 2.58. The molecular formula is C12H15N3O. The van der Waals surface area contributed by atoms with E-state index in [1.54, 1.807) is 0 Å². The SMILES string of the molecule is CC(C)(C)CC(=O)n1nnc2ccccc21. The minimum Gasteiger partial charge on any atom is -0.272 e. The number of hydrogen-bond acceptors (Lipinski definition) is 3. The molecule has 0 saturated heterocycles. The zero-order valence-corrected chi connectivity index (χ0v) is 9.77. The van der Waals surface area contributed by atoms with E-state index in [9.17, 15) is 4.79 Å². The first kappa shape index (κ1) is 10.8. The number of hydrogen-bond donors (Lipinski definition) is 0. The monoisotopic (exact) mass is 217 g/mol. The lowest BCUT2D eigenvalue weighted by atomic mass is 9.92. The molecule has 0 bridgehead atoms. The Labute approximate surface area is 94.3 Å². The second kappa shape index (κ2) is 3.70. The summed E-state index contributed by atoms with van der Waals surface area (Å²) in [6.45, 7) is 6.10. The summed E-state index contributed by atoms with van der Waals surface area (Å²) in [4.78, 5) is 12.0. The summed E-state index contributed by atoms with van der Waals surface area (Å²) in [5.41, 5.74) is 1.49. The normalized spacial score (nSPS) is 11.9. The molecule has 1 aromatic carbocycles. The zero-order chi connectivity index (χ0) is 11.8. The third-order valence-electron chi connectivity index (χ3n) is 2.27. The van der Waals surface area contributed by atoms with Crippen molar-refractivity contribution in [3.63, 3.8) is 0 Å². The third kappa shape index (κ3) is 2.10. The molecule has 84 valence electrons. The van der Waals surface area contributed by atoms with Crippen LogP contribution in [0.1, 0.15) is 32.0 Å². The van der Waals surface area contributed by atoms with E-state index < -0.39 is 0 Å². The van der Waals surface area contributed by atoms with Gasteiger partial charge in [-0.2, -0.15) is 4.68 Å². The number of rotatable bonds is 1. The largest absolute Gasteiger partial charge is 0.272 e. The molecule has 0 aliphatic heterocycles. The minimum absolute atomic E-state index is 0.0128. The molecule has 16 heavy (non-hydrogen) atoms. The van der Waals surface area contributed by atoms with Gasteiger partial charge in [0.05, 0.1) is 5.52 Å². The molecule has 0 N–H and O–H groups in total. The van der Waals surface area contributed by atoms with Crippen LogP contribution < -0.4 is 0 Å². The summed E-state index contributed by atoms with van der Waals surface area (Å²) in [6.07, 6.45) is 0.459. The highest BCUT2D eigenvalue weighted by atomic mass is 16.2. The summed E-state index contributed by atoms with van der Waals surface area (Å²) >= 11 is 0. The molecule has 1 heterocycles. The van der Waals surface area contributed by atoms with Gasteiger partial charge in [0.15, 0.2) is 0 Å². The molecule has 4 nitrogen and oxygen atoms in total. The van der Waals surface area contributed by atoms with Gasteiger partial charge >= 0.3 is 0 Å². The van der Waals surface area contributed by atoms with Crippen molar-refractivity contribution in [1.29, 1.82) is 0 Å². The lowest BCUT2D eigenvalue weighted by molar-refractivity contribution is 0.0843. The van der Waals surface area contributed by atoms with Gasteiger partial charge in [-0.05, 0) is 17.5 Å². The topological polar surface area (TPSA) is 47.8 Å². The van der Waals surface area contributed by atoms with Crippen LogP contribution in [0.25, 0.3) is 11.0 Å². The van der Waals surface area contributed by atoms with Gasteiger partial charge in [-0.1, -0.05) is 38.1 Å². The molecule has 0 fully saturated rings. The fourth-order valence-corrected chi connectivity index (χ4v) is 1.58. The van der Waals surface area contributed by atoms with Crippen LogP contribution in [-0.2, 0) is 0 Å². The molecule has 0 amide bonds. The summed E-state index contributed by atoms with van der Waals surface area (Å²) in [5.74, 6) is -0.0128. The lowest BCUT2D eigenvalue weighted by Gasteiger charge is -2.16. The molecule has 4 heteroatoms. The third-order valence-corrected chi connectivity index (χ3v) is 2.27. The molecule has 0 saturated carbocycles. The van der Waals surface area contributed by atoms with Crippen molar-refractivity contribution >= 4 is 16.9 Å². The van der Waals surface area contributed by atoms with E-state index in [0.717, 1.165) is 11.0 Å². The average molecular weight is 217 g/mol. The smallest absolute Gasteiger partial charge is 0.249 e. The highest BCUT2D eigenvalue weighted by Gasteiger charge is 2.19. The van der Waals surface area contributed by atoms with E-state index in [1.807, 2.05) is 45.0 Å². The summed E-state index contributed by atoms with van der Waals surface area (Å²) in [6, 6.07) is 7.47. The molecule has 0 aliphatic rings. The van der Waals surface area contributed by atoms with Gasteiger partial charge in [-0.25, -0.2) is 0 Å². The second-order valence-electron chi connectivity index (χ2n) is 5.12. The Hall–Kier alpha value is -1.71. The number of fused-ring (bicyclic) bond motifs is 1. The first-order chi connectivity index (χ1) is 7.47. The minimum atomic E-state index is -0.0376. The molecule has 0 spiro atoms. The van der Waals surface area contributed by atoms with Crippen molar-refractivity contribution in [2.75, 3.05) is 0 Å². The fourth-order valence-electron chi connectivity index (χ4n) is 1.58. The van der Waals surface area contributed by atoms with Crippen molar-refractivity contribution < 1.29 is 4.79 Å². The van der Waals surface area contributed by atoms with E-state index in [4.69, 9.17) is 0 Å². The predicted octanol–water partition coefficient (Wildman–Crippen LogP) is 2.51. The standard InChI is InChI=1S/C12H15N3O/c1-12(2,3)8-11(16)15-10-7-5-4-6-9(10)13-14-15/h4-7H,8H2,1-3H3. The van der Waals surface area contributed by atoms with Crippen LogP contribution in [0, 0.1) is 5.41 Å². The van der Waals surface area contributed by atoms with Gasteiger partial charge in [0, 0.05) is 6.42 Å². The summed E-state index contributed by atoms with van der Waals surface area (Å²) in [7, 11) is 0. The maximum absolute atomic E-state index is 12.0. The predicted molar refractivity (Wildman–Crippen MR) is 62.2 cm³/mol. The first-order valence-electron chi connectivity index (χ1n) is 5.31. The highest BCUT2D eigenvalue weighted by Crippen LogP contribution is 2.20. The van der Waals surface area contributed by atoms with Gasteiger partial charge in [-0.3, -0.25) is 4.79 Å². The van der Waals surface area contributed by atoms with Gasteiger partial charge < -0.3 is 0 Å². The number of nitrogens with zero attached hydrogens (tertiary/aromatic N) is 3. The Morgan fingerprint density at radius 3 is 2.69 bits per heavy atom. The second-order valence-corrected chi connectivity index (χ2v) is 5.12. The van der Waals surface area contributed by atoms with Gasteiger partial charge in [0.2, 0.25) is 5.91 Å². The Kier molecular flexibility index (Phi) is 2.50. The fraction of sp³-hybridized carbons (Fsp3) is 0.417. The van der Waals surface area contributed by atoms with E-state index >= 15 is 0 Å². The van der Waals surface area contributed by atoms with Crippen LogP contribution in [0.5, 0.6) is 0 Å². The van der Waals surface area contributed by atoms with Crippen LogP contribution in [0.4, 0.5) is 0 Å². The molecule has 0 unspecified atom stereocenters. The van der Waals surface area contributed by atoms with Crippen molar-refractivity contribution in [2.24, 2.45) is 5.41 Å². The van der Waals surface area contributed by atoms with Gasteiger partial charge in [0.1, 0.15) is 5.52 Å². The number of carbonyl (C=O) groups excluding carboxylic acids is 1.